The van der Waals surface area contributed by atoms with Crippen LogP contribution >= 0.6 is 15.9 Å². The predicted octanol–water partition coefficient (Wildman–Crippen LogP) is 3.59. The van der Waals surface area contributed by atoms with Crippen molar-refractivity contribution in [1.82, 2.24) is 9.55 Å². The summed E-state index contributed by atoms with van der Waals surface area (Å²) in [5, 5.41) is 0. The fourth-order valence-electron chi connectivity index (χ4n) is 1.52. The molecule has 0 fully saturated rings. The van der Waals surface area contributed by atoms with Gasteiger partial charge in [0.15, 0.2) is 0 Å². The molecule has 2 aromatic rings. The lowest BCUT2D eigenvalue weighted by Gasteiger charge is -2.09. The molecular weight excluding hydrogens is 268 g/mol. The number of aromatic nitrogens is 2. The van der Waals surface area contributed by atoms with Gasteiger partial charge in [-0.15, -0.1) is 0 Å². The molecule has 1 aromatic heterocycles. The van der Waals surface area contributed by atoms with Crippen LogP contribution in [0.5, 0.6) is 11.8 Å². The van der Waals surface area contributed by atoms with Gasteiger partial charge in [-0.2, -0.15) is 0 Å². The molecule has 16 heavy (non-hydrogen) atoms. The van der Waals surface area contributed by atoms with Crippen molar-refractivity contribution in [3.05, 3.63) is 40.1 Å². The van der Waals surface area contributed by atoms with Crippen LogP contribution in [0, 0.1) is 13.8 Å². The third-order valence-electron chi connectivity index (χ3n) is 2.40. The van der Waals surface area contributed by atoms with Crippen molar-refractivity contribution in [2.45, 2.75) is 13.8 Å². The second kappa shape index (κ2) is 4.29. The molecule has 0 atom stereocenters. The van der Waals surface area contributed by atoms with Gasteiger partial charge in [0, 0.05) is 23.9 Å². The number of imidazole rings is 1. The highest BCUT2D eigenvalue weighted by molar-refractivity contribution is 9.10. The second-order valence-electron chi connectivity index (χ2n) is 3.79. The summed E-state index contributed by atoms with van der Waals surface area (Å²) in [4.78, 5) is 4.12. The van der Waals surface area contributed by atoms with Gasteiger partial charge in [0.05, 0.1) is 0 Å². The maximum Gasteiger partial charge on any atom is 0.301 e. The molecule has 2 rings (SSSR count). The van der Waals surface area contributed by atoms with E-state index in [9.17, 15) is 0 Å². The number of halogens is 1. The fourth-order valence-corrected chi connectivity index (χ4v) is 1.75. The van der Waals surface area contributed by atoms with Crippen molar-refractivity contribution in [1.29, 1.82) is 0 Å². The van der Waals surface area contributed by atoms with E-state index in [2.05, 4.69) is 20.9 Å². The van der Waals surface area contributed by atoms with Gasteiger partial charge in [-0.05, 0) is 37.1 Å². The largest absolute Gasteiger partial charge is 0.426 e. The second-order valence-corrected chi connectivity index (χ2v) is 4.59. The molecule has 0 aliphatic rings. The first-order valence-corrected chi connectivity index (χ1v) is 5.79. The summed E-state index contributed by atoms with van der Waals surface area (Å²) < 4.78 is 8.66. The highest BCUT2D eigenvalue weighted by Crippen LogP contribution is 2.28. The van der Waals surface area contributed by atoms with Crippen LogP contribution in [0.3, 0.4) is 0 Å². The Morgan fingerprint density at radius 2 is 1.88 bits per heavy atom. The van der Waals surface area contributed by atoms with E-state index in [0.717, 1.165) is 21.3 Å². The zero-order valence-electron chi connectivity index (χ0n) is 9.49. The fraction of sp³-hybridized carbons (Fsp3) is 0.250. The molecule has 0 saturated heterocycles. The lowest BCUT2D eigenvalue weighted by molar-refractivity contribution is 0.424. The van der Waals surface area contributed by atoms with Crippen LogP contribution in [-0.4, -0.2) is 9.55 Å². The van der Waals surface area contributed by atoms with Crippen LogP contribution in [0.1, 0.15) is 11.1 Å². The molecule has 0 unspecified atom stereocenters. The van der Waals surface area contributed by atoms with Crippen molar-refractivity contribution in [2.24, 2.45) is 7.05 Å². The normalized spacial score (nSPS) is 10.5. The van der Waals surface area contributed by atoms with Crippen molar-refractivity contribution in [3.8, 4) is 11.8 Å². The SMILES string of the molecule is Cc1cc(Oc2nccn2C)cc(C)c1Br. The molecule has 0 N–H and O–H groups in total. The molecule has 1 heterocycles. The van der Waals surface area contributed by atoms with Crippen LogP contribution in [0.25, 0.3) is 0 Å². The maximum absolute atomic E-state index is 5.70. The van der Waals surface area contributed by atoms with Crippen LogP contribution in [0.2, 0.25) is 0 Å². The molecule has 0 aliphatic carbocycles. The molecule has 0 bridgehead atoms. The predicted molar refractivity (Wildman–Crippen MR) is 66.9 cm³/mol. The van der Waals surface area contributed by atoms with Gasteiger partial charge >= 0.3 is 6.01 Å². The standard InChI is InChI=1S/C12H13BrN2O/c1-8-6-10(7-9(2)11(8)13)16-12-14-4-5-15(12)3/h4-7H,1-3H3. The van der Waals surface area contributed by atoms with E-state index in [1.807, 2.05) is 43.8 Å². The van der Waals surface area contributed by atoms with Crippen LogP contribution in [0.4, 0.5) is 0 Å². The number of hydrogen-bond donors (Lipinski definition) is 0. The van der Waals surface area contributed by atoms with Gasteiger partial charge in [0.25, 0.3) is 0 Å². The topological polar surface area (TPSA) is 27.1 Å². The average Bonchev–Trinajstić information content (AvgIpc) is 2.61. The summed E-state index contributed by atoms with van der Waals surface area (Å²) in [6, 6.07) is 4.58. The molecule has 0 spiro atoms. The third-order valence-corrected chi connectivity index (χ3v) is 3.65. The Kier molecular flexibility index (Phi) is 3.01. The summed E-state index contributed by atoms with van der Waals surface area (Å²) >= 11 is 3.53. The van der Waals surface area contributed by atoms with Crippen molar-refractivity contribution < 1.29 is 4.74 Å². The number of hydrogen-bond acceptors (Lipinski definition) is 2. The molecule has 1 aromatic carbocycles. The summed E-state index contributed by atoms with van der Waals surface area (Å²) in [5.74, 6) is 0.812. The Hall–Kier alpha value is -1.29. The first-order chi connectivity index (χ1) is 7.58. The van der Waals surface area contributed by atoms with Crippen LogP contribution < -0.4 is 4.74 Å². The summed E-state index contributed by atoms with van der Waals surface area (Å²) in [7, 11) is 1.90. The number of aryl methyl sites for hydroxylation is 3. The molecule has 3 nitrogen and oxygen atoms in total. The molecular formula is C12H13BrN2O. The van der Waals surface area contributed by atoms with Gasteiger partial charge in [-0.1, -0.05) is 15.9 Å². The van der Waals surface area contributed by atoms with E-state index in [1.54, 1.807) is 6.20 Å². The van der Waals surface area contributed by atoms with Gasteiger partial charge in [0.2, 0.25) is 0 Å². The van der Waals surface area contributed by atoms with Crippen LogP contribution in [-0.2, 0) is 7.05 Å². The van der Waals surface area contributed by atoms with Crippen molar-refractivity contribution >= 4 is 15.9 Å². The van der Waals surface area contributed by atoms with Crippen LogP contribution in [0.15, 0.2) is 29.0 Å². The van der Waals surface area contributed by atoms with E-state index < -0.39 is 0 Å². The first-order valence-electron chi connectivity index (χ1n) is 5.00. The molecule has 0 aliphatic heterocycles. The number of ether oxygens (including phenoxy) is 1. The molecule has 0 amide bonds. The summed E-state index contributed by atoms with van der Waals surface area (Å²) in [6.45, 7) is 4.09. The molecule has 84 valence electrons. The Balaban J connectivity index is 2.33. The van der Waals surface area contributed by atoms with E-state index in [4.69, 9.17) is 4.74 Å². The first kappa shape index (κ1) is 11.2. The number of rotatable bonds is 2. The van der Waals surface area contributed by atoms with Crippen molar-refractivity contribution in [2.75, 3.05) is 0 Å². The minimum Gasteiger partial charge on any atom is -0.426 e. The summed E-state index contributed by atoms with van der Waals surface area (Å²) in [6.07, 6.45) is 3.57. The monoisotopic (exact) mass is 280 g/mol. The summed E-state index contributed by atoms with van der Waals surface area (Å²) in [5.41, 5.74) is 2.31. The minimum absolute atomic E-state index is 0.598. The number of benzene rings is 1. The quantitative estimate of drug-likeness (QED) is 0.841. The molecule has 0 saturated carbocycles. The van der Waals surface area contributed by atoms with E-state index in [1.165, 1.54) is 0 Å². The lowest BCUT2D eigenvalue weighted by Crippen LogP contribution is -1.94. The van der Waals surface area contributed by atoms with Crippen molar-refractivity contribution in [3.63, 3.8) is 0 Å². The van der Waals surface area contributed by atoms with E-state index >= 15 is 0 Å². The Morgan fingerprint density at radius 3 is 2.38 bits per heavy atom. The van der Waals surface area contributed by atoms with E-state index in [-0.39, 0.29) is 0 Å². The smallest absolute Gasteiger partial charge is 0.301 e. The maximum atomic E-state index is 5.70. The lowest BCUT2D eigenvalue weighted by atomic mass is 10.1. The zero-order chi connectivity index (χ0) is 11.7. The molecule has 0 radical (unpaired) electrons. The highest BCUT2D eigenvalue weighted by Gasteiger charge is 2.06. The number of nitrogens with zero attached hydrogens (tertiary/aromatic N) is 2. The van der Waals surface area contributed by atoms with Gasteiger partial charge in [-0.3, -0.25) is 0 Å². The Bertz CT molecular complexity index is 496. The van der Waals surface area contributed by atoms with Gasteiger partial charge in [0.1, 0.15) is 5.75 Å². The average molecular weight is 281 g/mol. The minimum atomic E-state index is 0.598. The van der Waals surface area contributed by atoms with Gasteiger partial charge in [-0.25, -0.2) is 4.98 Å². The molecule has 4 heteroatoms. The Labute approximate surface area is 103 Å². The zero-order valence-corrected chi connectivity index (χ0v) is 11.1. The highest BCUT2D eigenvalue weighted by atomic mass is 79.9. The third kappa shape index (κ3) is 2.11. The van der Waals surface area contributed by atoms with E-state index in [0.29, 0.717) is 6.01 Å². The van der Waals surface area contributed by atoms with Gasteiger partial charge < -0.3 is 9.30 Å². The Morgan fingerprint density at radius 1 is 1.25 bits per heavy atom.